The second-order valence-electron chi connectivity index (χ2n) is 12.0. The van der Waals surface area contributed by atoms with Crippen molar-refractivity contribution < 1.29 is 18.9 Å². The summed E-state index contributed by atoms with van der Waals surface area (Å²) in [5, 5.41) is 27.3. The van der Waals surface area contributed by atoms with Gasteiger partial charge in [0.1, 0.15) is 64.2 Å². The van der Waals surface area contributed by atoms with Gasteiger partial charge in [0, 0.05) is 35.1 Å². The average molecular weight is 730 g/mol. The van der Waals surface area contributed by atoms with Gasteiger partial charge in [-0.25, -0.2) is 0 Å². The van der Waals surface area contributed by atoms with Crippen LogP contribution in [0, 0.1) is 46.3 Å². The van der Waals surface area contributed by atoms with Crippen molar-refractivity contribution in [2.45, 2.75) is 0 Å². The highest BCUT2D eigenvalue weighted by Crippen LogP contribution is 2.31. The Balaban J connectivity index is 0.000000208. The van der Waals surface area contributed by atoms with Crippen molar-refractivity contribution in [2.75, 3.05) is 11.5 Å². The number of nitrogens with two attached hydrogens (primary N) is 2. The summed E-state index contributed by atoms with van der Waals surface area (Å²) in [7, 11) is 0. The molecule has 0 spiro atoms. The topological polar surface area (TPSA) is 160 Å². The molecule has 0 bridgehead atoms. The standard InChI is InChI=1S/C29H15N3O2.C18H16N2O2/c1-2-20-15-28(13-7-23(20)17-30)33-26-9-3-21(4-10-26)22-5-11-27(12-6-22)34-29-14-8-24(18-31)25(16-29)19-32;19-13-4-1-6-15(10-13)21-17-8-3-9-18(12-17)22-16-7-2-5-14(20)11-16/h1,3-16H;1-12H,19-20H2. The first-order valence-electron chi connectivity index (χ1n) is 17.0. The molecule has 0 fully saturated rings. The number of nitrogen functional groups attached to an aromatic ring is 2. The molecule has 0 amide bonds. The van der Waals surface area contributed by atoms with E-state index in [1.54, 1.807) is 48.5 Å². The normalized spacial score (nSPS) is 9.86. The van der Waals surface area contributed by atoms with Gasteiger partial charge in [0.15, 0.2) is 0 Å². The van der Waals surface area contributed by atoms with Gasteiger partial charge in [0.2, 0.25) is 0 Å². The summed E-state index contributed by atoms with van der Waals surface area (Å²) >= 11 is 0. The van der Waals surface area contributed by atoms with Crippen LogP contribution in [-0.2, 0) is 0 Å². The fourth-order valence-electron chi connectivity index (χ4n) is 5.31. The minimum absolute atomic E-state index is 0.274. The third-order valence-electron chi connectivity index (χ3n) is 8.01. The smallest absolute Gasteiger partial charge is 0.131 e. The number of anilines is 2. The summed E-state index contributed by atoms with van der Waals surface area (Å²) in [6.45, 7) is 0. The fourth-order valence-corrected chi connectivity index (χ4v) is 5.31. The second kappa shape index (κ2) is 17.7. The molecule has 0 unspecified atom stereocenters. The molecule has 0 saturated carbocycles. The van der Waals surface area contributed by atoms with E-state index in [0.29, 0.717) is 74.1 Å². The Bertz CT molecular complexity index is 2480. The monoisotopic (exact) mass is 729 g/mol. The van der Waals surface area contributed by atoms with Gasteiger partial charge < -0.3 is 30.4 Å². The Morgan fingerprint density at radius 3 is 1.11 bits per heavy atom. The summed E-state index contributed by atoms with van der Waals surface area (Å²) in [5.41, 5.74) is 16.3. The SMILES string of the molecule is C#Cc1cc(Oc2ccc(-c3ccc(Oc4ccc(C#N)c(C#N)c4)cc3)cc2)ccc1C#N.Nc1cccc(Oc2cccc(Oc3cccc(N)c3)c2)c1. The Morgan fingerprint density at radius 2 is 0.696 bits per heavy atom. The number of ether oxygens (including phenoxy) is 4. The van der Waals surface area contributed by atoms with E-state index >= 15 is 0 Å². The maximum atomic E-state index is 9.16. The van der Waals surface area contributed by atoms with Crippen LogP contribution in [0.25, 0.3) is 11.1 Å². The van der Waals surface area contributed by atoms with Gasteiger partial charge in [-0.2, -0.15) is 15.8 Å². The number of terminal acetylenes is 1. The lowest BCUT2D eigenvalue weighted by molar-refractivity contribution is 0.460. The van der Waals surface area contributed by atoms with E-state index in [9.17, 15) is 0 Å². The summed E-state index contributed by atoms with van der Waals surface area (Å²) < 4.78 is 23.2. The largest absolute Gasteiger partial charge is 0.457 e. The summed E-state index contributed by atoms with van der Waals surface area (Å²) in [6.07, 6.45) is 5.46. The molecule has 0 heterocycles. The minimum Gasteiger partial charge on any atom is -0.457 e. The zero-order chi connectivity index (χ0) is 39.3. The van der Waals surface area contributed by atoms with Gasteiger partial charge >= 0.3 is 0 Å². The van der Waals surface area contributed by atoms with E-state index < -0.39 is 0 Å². The van der Waals surface area contributed by atoms with Crippen molar-refractivity contribution >= 4 is 11.4 Å². The lowest BCUT2D eigenvalue weighted by atomic mass is 10.1. The van der Waals surface area contributed by atoms with Crippen LogP contribution in [0.3, 0.4) is 0 Å². The van der Waals surface area contributed by atoms with Crippen LogP contribution in [0.4, 0.5) is 11.4 Å². The molecule has 0 radical (unpaired) electrons. The van der Waals surface area contributed by atoms with Crippen LogP contribution >= 0.6 is 0 Å². The van der Waals surface area contributed by atoms with Crippen molar-refractivity contribution in [2.24, 2.45) is 0 Å². The Morgan fingerprint density at radius 1 is 0.357 bits per heavy atom. The highest BCUT2D eigenvalue weighted by atomic mass is 16.5. The molecule has 7 aromatic carbocycles. The van der Waals surface area contributed by atoms with Crippen molar-refractivity contribution in [3.8, 4) is 87.7 Å². The highest BCUT2D eigenvalue weighted by molar-refractivity contribution is 5.65. The van der Waals surface area contributed by atoms with Crippen LogP contribution in [0.1, 0.15) is 22.3 Å². The van der Waals surface area contributed by atoms with Crippen molar-refractivity contribution in [3.63, 3.8) is 0 Å². The first-order valence-corrected chi connectivity index (χ1v) is 17.0. The highest BCUT2D eigenvalue weighted by Gasteiger charge is 2.08. The molecule has 0 aliphatic rings. The van der Waals surface area contributed by atoms with Crippen molar-refractivity contribution in [3.05, 3.63) is 180 Å². The fraction of sp³-hybridized carbons (Fsp3) is 0. The Hall–Kier alpha value is -8.63. The van der Waals surface area contributed by atoms with Crippen LogP contribution in [0.15, 0.2) is 158 Å². The summed E-state index contributed by atoms with van der Waals surface area (Å²) in [6, 6.07) is 52.9. The van der Waals surface area contributed by atoms with E-state index in [1.165, 1.54) is 0 Å². The van der Waals surface area contributed by atoms with Gasteiger partial charge in [-0.3, -0.25) is 0 Å². The van der Waals surface area contributed by atoms with E-state index in [-0.39, 0.29) is 5.56 Å². The number of rotatable bonds is 9. The molecule has 0 saturated heterocycles. The lowest BCUT2D eigenvalue weighted by Crippen LogP contribution is -1.90. The van der Waals surface area contributed by atoms with Gasteiger partial charge in [0.05, 0.1) is 16.7 Å². The van der Waals surface area contributed by atoms with E-state index in [1.807, 2.05) is 121 Å². The third-order valence-corrected chi connectivity index (χ3v) is 8.01. The number of nitrogens with zero attached hydrogens (tertiary/aromatic N) is 3. The maximum Gasteiger partial charge on any atom is 0.131 e. The molecule has 4 N–H and O–H groups in total. The number of nitriles is 3. The average Bonchev–Trinajstić information content (AvgIpc) is 3.22. The van der Waals surface area contributed by atoms with Gasteiger partial charge in [-0.1, -0.05) is 48.4 Å². The van der Waals surface area contributed by atoms with Gasteiger partial charge in [0.25, 0.3) is 0 Å². The van der Waals surface area contributed by atoms with Crippen LogP contribution in [0.5, 0.6) is 46.0 Å². The molecule has 7 aromatic rings. The third kappa shape index (κ3) is 9.82. The molecule has 9 heteroatoms. The summed E-state index contributed by atoms with van der Waals surface area (Å²) in [4.78, 5) is 0. The molecule has 0 aliphatic carbocycles. The van der Waals surface area contributed by atoms with Crippen LogP contribution in [0.2, 0.25) is 0 Å². The molecule has 268 valence electrons. The second-order valence-corrected chi connectivity index (χ2v) is 12.0. The minimum atomic E-state index is 0.274. The Kier molecular flexibility index (Phi) is 11.8. The molecular formula is C47H31N5O4. The first-order chi connectivity index (χ1) is 27.3. The maximum absolute atomic E-state index is 9.16. The zero-order valence-corrected chi connectivity index (χ0v) is 29.7. The zero-order valence-electron chi connectivity index (χ0n) is 29.7. The number of hydrogen-bond acceptors (Lipinski definition) is 9. The first kappa shape index (κ1) is 37.1. The predicted octanol–water partition coefficient (Wildman–Crippen LogP) is 11.0. The van der Waals surface area contributed by atoms with Crippen LogP contribution in [-0.4, -0.2) is 0 Å². The molecule has 56 heavy (non-hydrogen) atoms. The summed E-state index contributed by atoms with van der Waals surface area (Å²) in [5.74, 6) is 7.51. The van der Waals surface area contributed by atoms with Crippen LogP contribution < -0.4 is 30.4 Å². The molecule has 0 atom stereocenters. The van der Waals surface area contributed by atoms with Gasteiger partial charge in [-0.15, -0.1) is 6.42 Å². The number of hydrogen-bond donors (Lipinski definition) is 2. The molecule has 0 aromatic heterocycles. The Labute approximate surface area is 324 Å². The molecule has 0 aliphatic heterocycles. The quantitative estimate of drug-likeness (QED) is 0.109. The van der Waals surface area contributed by atoms with E-state index in [2.05, 4.69) is 12.0 Å². The van der Waals surface area contributed by atoms with Gasteiger partial charge in [-0.05, 0) is 108 Å². The molecule has 7 rings (SSSR count). The molecular weight excluding hydrogens is 699 g/mol. The van der Waals surface area contributed by atoms with Crippen molar-refractivity contribution in [1.29, 1.82) is 15.8 Å². The predicted molar refractivity (Wildman–Crippen MR) is 215 cm³/mol. The van der Waals surface area contributed by atoms with E-state index in [4.69, 9.17) is 52.6 Å². The number of benzene rings is 7. The van der Waals surface area contributed by atoms with Crippen molar-refractivity contribution in [1.82, 2.24) is 0 Å². The molecule has 9 nitrogen and oxygen atoms in total. The lowest BCUT2D eigenvalue weighted by Gasteiger charge is -2.09. The van der Waals surface area contributed by atoms with E-state index in [0.717, 1.165) is 11.1 Å².